The minimum atomic E-state index is 0.484. The second kappa shape index (κ2) is 5.10. The number of nitrogens with zero attached hydrogens (tertiary/aromatic N) is 1. The highest BCUT2D eigenvalue weighted by Crippen LogP contribution is 2.34. The Morgan fingerprint density at radius 1 is 1.24 bits per heavy atom. The summed E-state index contributed by atoms with van der Waals surface area (Å²) in [7, 11) is 0. The van der Waals surface area contributed by atoms with Crippen LogP contribution >= 0.6 is 11.8 Å². The molecule has 1 saturated carbocycles. The molecule has 2 atom stereocenters. The van der Waals surface area contributed by atoms with Crippen molar-refractivity contribution in [3.8, 4) is 0 Å². The molecule has 0 amide bonds. The maximum absolute atomic E-state index is 3.89. The first kappa shape index (κ1) is 12.3. The largest absolute Gasteiger partial charge is 0.308 e. The smallest absolute Gasteiger partial charge is 0.0309 e. The molecule has 0 aromatic carbocycles. The Kier molecular flexibility index (Phi) is 3.69. The molecule has 3 aliphatic rings. The molecule has 1 N–H and O–H groups in total. The Morgan fingerprint density at radius 3 is 2.76 bits per heavy atom. The van der Waals surface area contributed by atoms with Gasteiger partial charge in [0.2, 0.25) is 0 Å². The van der Waals surface area contributed by atoms with Gasteiger partial charge in [0.15, 0.2) is 0 Å². The predicted octanol–water partition coefficient (Wildman–Crippen LogP) is 2.49. The maximum atomic E-state index is 3.89. The van der Waals surface area contributed by atoms with Gasteiger partial charge in [-0.15, -0.1) is 0 Å². The molecule has 0 aromatic rings. The summed E-state index contributed by atoms with van der Waals surface area (Å²) in [5.74, 6) is 2.76. The van der Waals surface area contributed by atoms with Crippen molar-refractivity contribution < 1.29 is 0 Å². The van der Waals surface area contributed by atoms with Crippen molar-refractivity contribution in [2.24, 2.45) is 0 Å². The van der Waals surface area contributed by atoms with Gasteiger partial charge in [-0.25, -0.2) is 0 Å². The lowest BCUT2D eigenvalue weighted by Gasteiger charge is -2.50. The highest BCUT2D eigenvalue weighted by molar-refractivity contribution is 7.99. The monoisotopic (exact) mass is 254 g/mol. The second-order valence-electron chi connectivity index (χ2n) is 6.26. The number of rotatable bonds is 1. The summed E-state index contributed by atoms with van der Waals surface area (Å²) >= 11 is 2.15. The Hall–Kier alpha value is 0.270. The fourth-order valence-electron chi connectivity index (χ4n) is 3.88. The van der Waals surface area contributed by atoms with Crippen molar-refractivity contribution >= 4 is 11.8 Å². The van der Waals surface area contributed by atoms with Crippen LogP contribution in [-0.2, 0) is 0 Å². The lowest BCUT2D eigenvalue weighted by Crippen LogP contribution is -2.66. The van der Waals surface area contributed by atoms with Crippen LogP contribution < -0.4 is 5.32 Å². The second-order valence-corrected chi connectivity index (χ2v) is 7.41. The van der Waals surface area contributed by atoms with Crippen LogP contribution in [0.4, 0.5) is 0 Å². The normalized spacial score (nSPS) is 38.6. The molecule has 2 saturated heterocycles. The highest BCUT2D eigenvalue weighted by Gasteiger charge is 2.41. The number of hydrogen-bond acceptors (Lipinski definition) is 3. The third-order valence-corrected chi connectivity index (χ3v) is 6.15. The summed E-state index contributed by atoms with van der Waals surface area (Å²) in [4.78, 5) is 2.84. The van der Waals surface area contributed by atoms with Gasteiger partial charge >= 0.3 is 0 Å². The maximum Gasteiger partial charge on any atom is 0.0309 e. The Bertz CT molecular complexity index is 257. The van der Waals surface area contributed by atoms with Crippen molar-refractivity contribution in [1.82, 2.24) is 10.2 Å². The molecule has 1 spiro atoms. The van der Waals surface area contributed by atoms with Crippen LogP contribution in [0, 0.1) is 0 Å². The van der Waals surface area contributed by atoms with E-state index < -0.39 is 0 Å². The number of piperazine rings is 1. The first-order chi connectivity index (χ1) is 8.29. The minimum absolute atomic E-state index is 0.484. The molecule has 1 aliphatic carbocycles. The topological polar surface area (TPSA) is 15.3 Å². The van der Waals surface area contributed by atoms with Gasteiger partial charge in [0, 0.05) is 36.5 Å². The zero-order valence-corrected chi connectivity index (χ0v) is 11.9. The van der Waals surface area contributed by atoms with Gasteiger partial charge in [0.1, 0.15) is 0 Å². The van der Waals surface area contributed by atoms with Crippen molar-refractivity contribution in [2.75, 3.05) is 24.6 Å². The molecule has 0 bridgehead atoms. The molecule has 3 fully saturated rings. The summed E-state index contributed by atoms with van der Waals surface area (Å²) in [6.07, 6.45) is 8.58. The van der Waals surface area contributed by atoms with Crippen molar-refractivity contribution in [2.45, 2.75) is 63.1 Å². The molecule has 2 nitrogen and oxygen atoms in total. The minimum Gasteiger partial charge on any atom is -0.308 e. The van der Waals surface area contributed by atoms with Crippen LogP contribution in [-0.4, -0.2) is 47.1 Å². The number of nitrogens with one attached hydrogen (secondary N) is 1. The van der Waals surface area contributed by atoms with Crippen LogP contribution in [0.25, 0.3) is 0 Å². The molecular weight excluding hydrogens is 228 g/mol. The van der Waals surface area contributed by atoms with E-state index in [0.29, 0.717) is 5.54 Å². The first-order valence-corrected chi connectivity index (χ1v) is 8.53. The van der Waals surface area contributed by atoms with E-state index in [1.165, 1.54) is 63.1 Å². The van der Waals surface area contributed by atoms with Crippen molar-refractivity contribution in [3.63, 3.8) is 0 Å². The van der Waals surface area contributed by atoms with E-state index in [0.717, 1.165) is 12.1 Å². The molecule has 2 unspecified atom stereocenters. The van der Waals surface area contributed by atoms with E-state index in [1.54, 1.807) is 0 Å². The van der Waals surface area contributed by atoms with E-state index in [1.807, 2.05) is 0 Å². The Morgan fingerprint density at radius 2 is 2.06 bits per heavy atom. The fraction of sp³-hybridized carbons (Fsp3) is 1.00. The van der Waals surface area contributed by atoms with Gasteiger partial charge in [0.05, 0.1) is 0 Å². The van der Waals surface area contributed by atoms with E-state index in [-0.39, 0.29) is 0 Å². The van der Waals surface area contributed by atoms with Crippen LogP contribution in [0.15, 0.2) is 0 Å². The van der Waals surface area contributed by atoms with Crippen LogP contribution in [0.5, 0.6) is 0 Å². The zero-order valence-electron chi connectivity index (χ0n) is 11.1. The van der Waals surface area contributed by atoms with Gasteiger partial charge in [-0.05, 0) is 31.9 Å². The molecule has 0 radical (unpaired) electrons. The quantitative estimate of drug-likeness (QED) is 0.774. The molecule has 3 rings (SSSR count). The van der Waals surface area contributed by atoms with Gasteiger partial charge in [-0.2, -0.15) is 11.8 Å². The summed E-state index contributed by atoms with van der Waals surface area (Å²) in [6, 6.07) is 1.61. The van der Waals surface area contributed by atoms with Gasteiger partial charge in [-0.3, -0.25) is 4.90 Å². The Labute approximate surface area is 110 Å². The molecule has 0 aromatic heterocycles. The van der Waals surface area contributed by atoms with E-state index in [9.17, 15) is 0 Å². The zero-order chi connectivity index (χ0) is 11.7. The standard InChI is InChI=1S/C14H26N2S/c1-12-9-15-14(6-3-2-4-7-14)11-16(12)13-5-8-17-10-13/h12-13,15H,2-11H2,1H3. The molecule has 3 heteroatoms. The molecule has 98 valence electrons. The van der Waals surface area contributed by atoms with Crippen LogP contribution in [0.2, 0.25) is 0 Å². The SMILES string of the molecule is CC1CNC2(CCCCC2)CN1C1CCSC1. The van der Waals surface area contributed by atoms with Crippen molar-refractivity contribution in [3.05, 3.63) is 0 Å². The fourth-order valence-corrected chi connectivity index (χ4v) is 5.11. The first-order valence-electron chi connectivity index (χ1n) is 7.38. The third-order valence-electron chi connectivity index (χ3n) is 5.01. The Balaban J connectivity index is 1.69. The van der Waals surface area contributed by atoms with Crippen LogP contribution in [0.1, 0.15) is 45.4 Å². The number of thioether (sulfide) groups is 1. The highest BCUT2D eigenvalue weighted by atomic mass is 32.2. The third kappa shape index (κ3) is 2.52. The lowest BCUT2D eigenvalue weighted by atomic mass is 9.79. The van der Waals surface area contributed by atoms with Gasteiger partial charge in [-0.1, -0.05) is 19.3 Å². The summed E-state index contributed by atoms with van der Waals surface area (Å²) < 4.78 is 0. The van der Waals surface area contributed by atoms with E-state index in [4.69, 9.17) is 0 Å². The average Bonchev–Trinajstić information content (AvgIpc) is 2.88. The summed E-state index contributed by atoms with van der Waals surface area (Å²) in [6.45, 7) is 4.94. The average molecular weight is 254 g/mol. The van der Waals surface area contributed by atoms with Crippen LogP contribution in [0.3, 0.4) is 0 Å². The van der Waals surface area contributed by atoms with Crippen molar-refractivity contribution in [1.29, 1.82) is 0 Å². The van der Waals surface area contributed by atoms with Gasteiger partial charge in [0.25, 0.3) is 0 Å². The predicted molar refractivity (Wildman–Crippen MR) is 75.7 cm³/mol. The molecule has 17 heavy (non-hydrogen) atoms. The van der Waals surface area contributed by atoms with E-state index >= 15 is 0 Å². The lowest BCUT2D eigenvalue weighted by molar-refractivity contribution is 0.0382. The molecular formula is C14H26N2S. The van der Waals surface area contributed by atoms with E-state index in [2.05, 4.69) is 28.9 Å². The summed E-state index contributed by atoms with van der Waals surface area (Å²) in [5.41, 5.74) is 0.484. The summed E-state index contributed by atoms with van der Waals surface area (Å²) in [5, 5.41) is 3.89. The molecule has 2 aliphatic heterocycles. The molecule has 2 heterocycles. The number of hydrogen-bond donors (Lipinski definition) is 1. The van der Waals surface area contributed by atoms with Gasteiger partial charge < -0.3 is 5.32 Å².